The van der Waals surface area contributed by atoms with Crippen LogP contribution in [0.25, 0.3) is 11.5 Å². The van der Waals surface area contributed by atoms with E-state index in [4.69, 9.17) is 4.42 Å². The SMILES string of the molecule is O=C(CCN1C(=O)C2CCCCC2C1=O)Nc1cccc(-c2nnco2)c1. The zero-order valence-electron chi connectivity index (χ0n) is 14.8. The highest BCUT2D eigenvalue weighted by Gasteiger charge is 2.47. The predicted octanol–water partition coefficient (Wildman–Crippen LogP) is 2.24. The first-order valence-electron chi connectivity index (χ1n) is 9.15. The second-order valence-electron chi connectivity index (χ2n) is 6.95. The number of carbonyl (C=O) groups excluding carboxylic acids is 3. The number of aromatic nitrogens is 2. The molecule has 2 aromatic rings. The summed E-state index contributed by atoms with van der Waals surface area (Å²) in [5.41, 5.74) is 1.28. The van der Waals surface area contributed by atoms with E-state index in [-0.39, 0.29) is 42.5 Å². The molecule has 0 radical (unpaired) electrons. The van der Waals surface area contributed by atoms with Gasteiger partial charge in [0.25, 0.3) is 0 Å². The van der Waals surface area contributed by atoms with Gasteiger partial charge in [-0.05, 0) is 31.0 Å². The van der Waals surface area contributed by atoms with Crippen LogP contribution in [0, 0.1) is 11.8 Å². The standard InChI is InChI=1S/C19H20N4O4/c24-16(21-13-5-3-4-12(10-13)17-22-20-11-27-17)8-9-23-18(25)14-6-1-2-7-15(14)19(23)26/h3-5,10-11,14-15H,1-2,6-9H2,(H,21,24). The highest BCUT2D eigenvalue weighted by atomic mass is 16.4. The van der Waals surface area contributed by atoms with E-state index in [0.29, 0.717) is 17.1 Å². The zero-order valence-corrected chi connectivity index (χ0v) is 14.8. The molecule has 8 heteroatoms. The Labute approximate surface area is 155 Å². The highest BCUT2D eigenvalue weighted by Crippen LogP contribution is 2.38. The third-order valence-electron chi connectivity index (χ3n) is 5.25. The molecule has 1 saturated heterocycles. The Bertz CT molecular complexity index is 840. The Balaban J connectivity index is 1.36. The lowest BCUT2D eigenvalue weighted by molar-refractivity contribution is -0.140. The molecule has 0 spiro atoms. The number of hydrogen-bond acceptors (Lipinski definition) is 6. The molecule has 2 aliphatic rings. The summed E-state index contributed by atoms with van der Waals surface area (Å²) < 4.78 is 5.15. The van der Waals surface area contributed by atoms with Crippen LogP contribution >= 0.6 is 0 Å². The molecule has 0 bridgehead atoms. The van der Waals surface area contributed by atoms with Gasteiger partial charge in [0.2, 0.25) is 30.0 Å². The quantitative estimate of drug-likeness (QED) is 0.812. The molecule has 2 heterocycles. The fraction of sp³-hybridized carbons (Fsp3) is 0.421. The summed E-state index contributed by atoms with van der Waals surface area (Å²) >= 11 is 0. The monoisotopic (exact) mass is 368 g/mol. The zero-order chi connectivity index (χ0) is 18.8. The molecule has 2 unspecified atom stereocenters. The molecular weight excluding hydrogens is 348 g/mol. The van der Waals surface area contributed by atoms with Gasteiger partial charge in [0, 0.05) is 24.2 Å². The second kappa shape index (κ2) is 7.30. The number of rotatable bonds is 5. The Kier molecular flexibility index (Phi) is 4.70. The lowest BCUT2D eigenvalue weighted by Crippen LogP contribution is -2.34. The maximum Gasteiger partial charge on any atom is 0.247 e. The second-order valence-corrected chi connectivity index (χ2v) is 6.95. The van der Waals surface area contributed by atoms with E-state index in [1.165, 1.54) is 11.3 Å². The van der Waals surface area contributed by atoms with E-state index < -0.39 is 0 Å². The molecule has 3 amide bonds. The Hall–Kier alpha value is -3.03. The summed E-state index contributed by atoms with van der Waals surface area (Å²) in [7, 11) is 0. The van der Waals surface area contributed by atoms with Gasteiger partial charge in [-0.1, -0.05) is 18.9 Å². The third-order valence-corrected chi connectivity index (χ3v) is 5.25. The minimum Gasteiger partial charge on any atom is -0.423 e. The van der Waals surface area contributed by atoms with Crippen LogP contribution in [0.5, 0.6) is 0 Å². The number of hydrogen-bond donors (Lipinski definition) is 1. The average molecular weight is 368 g/mol. The van der Waals surface area contributed by atoms with Gasteiger partial charge < -0.3 is 9.73 Å². The summed E-state index contributed by atoms with van der Waals surface area (Å²) in [6.45, 7) is 0.125. The molecule has 2 fully saturated rings. The summed E-state index contributed by atoms with van der Waals surface area (Å²) in [6.07, 6.45) is 4.85. The van der Waals surface area contributed by atoms with Gasteiger partial charge in [0.15, 0.2) is 0 Å². The molecule has 140 valence electrons. The largest absolute Gasteiger partial charge is 0.423 e. The van der Waals surface area contributed by atoms with E-state index in [9.17, 15) is 14.4 Å². The summed E-state index contributed by atoms with van der Waals surface area (Å²) in [5, 5.41) is 10.3. The first-order chi connectivity index (χ1) is 13.1. The number of anilines is 1. The molecule has 27 heavy (non-hydrogen) atoms. The number of imide groups is 1. The smallest absolute Gasteiger partial charge is 0.247 e. The van der Waals surface area contributed by atoms with Crippen LogP contribution in [0.4, 0.5) is 5.69 Å². The number of carbonyl (C=O) groups is 3. The van der Waals surface area contributed by atoms with Crippen molar-refractivity contribution >= 4 is 23.4 Å². The van der Waals surface area contributed by atoms with Crippen LogP contribution in [0.3, 0.4) is 0 Å². The van der Waals surface area contributed by atoms with Crippen molar-refractivity contribution in [1.29, 1.82) is 0 Å². The van der Waals surface area contributed by atoms with Crippen molar-refractivity contribution in [2.75, 3.05) is 11.9 Å². The van der Waals surface area contributed by atoms with E-state index in [2.05, 4.69) is 15.5 Å². The van der Waals surface area contributed by atoms with E-state index in [1.807, 2.05) is 0 Å². The van der Waals surface area contributed by atoms with Crippen molar-refractivity contribution in [2.45, 2.75) is 32.1 Å². The lowest BCUT2D eigenvalue weighted by atomic mass is 9.81. The van der Waals surface area contributed by atoms with Crippen LogP contribution in [-0.4, -0.2) is 39.4 Å². The molecule has 1 saturated carbocycles. The molecule has 4 rings (SSSR count). The maximum absolute atomic E-state index is 12.4. The minimum absolute atomic E-state index is 0.0711. The van der Waals surface area contributed by atoms with Crippen molar-refractivity contribution in [2.24, 2.45) is 11.8 Å². The van der Waals surface area contributed by atoms with Crippen LogP contribution < -0.4 is 5.32 Å². The van der Waals surface area contributed by atoms with Crippen LogP contribution in [0.15, 0.2) is 35.1 Å². The lowest BCUT2D eigenvalue weighted by Gasteiger charge is -2.19. The number of benzene rings is 1. The van der Waals surface area contributed by atoms with Crippen molar-refractivity contribution in [3.05, 3.63) is 30.7 Å². The maximum atomic E-state index is 12.4. The molecule has 1 N–H and O–H groups in total. The molecule has 8 nitrogen and oxygen atoms in total. The summed E-state index contributed by atoms with van der Waals surface area (Å²) in [6, 6.07) is 7.05. The van der Waals surface area contributed by atoms with Gasteiger partial charge in [-0.25, -0.2) is 0 Å². The fourth-order valence-corrected chi connectivity index (χ4v) is 3.92. The average Bonchev–Trinajstić information content (AvgIpc) is 3.29. The molecule has 1 aliphatic carbocycles. The van der Waals surface area contributed by atoms with Crippen LogP contribution in [0.1, 0.15) is 32.1 Å². The van der Waals surface area contributed by atoms with E-state index >= 15 is 0 Å². The normalized spacial score (nSPS) is 22.0. The van der Waals surface area contributed by atoms with Crippen molar-refractivity contribution in [3.63, 3.8) is 0 Å². The van der Waals surface area contributed by atoms with Gasteiger partial charge in [0.05, 0.1) is 11.8 Å². The first-order valence-corrected chi connectivity index (χ1v) is 9.15. The van der Waals surface area contributed by atoms with Gasteiger partial charge in [-0.2, -0.15) is 0 Å². The van der Waals surface area contributed by atoms with Crippen LogP contribution in [-0.2, 0) is 14.4 Å². The molecular formula is C19H20N4O4. The molecule has 1 aromatic carbocycles. The van der Waals surface area contributed by atoms with E-state index in [1.54, 1.807) is 24.3 Å². The predicted molar refractivity (Wildman–Crippen MR) is 95.1 cm³/mol. The fourth-order valence-electron chi connectivity index (χ4n) is 3.92. The number of fused-ring (bicyclic) bond motifs is 1. The Morgan fingerprint density at radius 1 is 1.19 bits per heavy atom. The van der Waals surface area contributed by atoms with Crippen molar-refractivity contribution in [3.8, 4) is 11.5 Å². The van der Waals surface area contributed by atoms with Gasteiger partial charge in [0.1, 0.15) is 0 Å². The minimum atomic E-state index is -0.256. The topological polar surface area (TPSA) is 105 Å². The number of amides is 3. The van der Waals surface area contributed by atoms with E-state index in [0.717, 1.165) is 25.7 Å². The number of likely N-dealkylation sites (tertiary alicyclic amines) is 1. The molecule has 1 aliphatic heterocycles. The third kappa shape index (κ3) is 3.47. The van der Waals surface area contributed by atoms with Gasteiger partial charge in [-0.15, -0.1) is 10.2 Å². The summed E-state index contributed by atoms with van der Waals surface area (Å²) in [4.78, 5) is 38.5. The van der Waals surface area contributed by atoms with Crippen molar-refractivity contribution in [1.82, 2.24) is 15.1 Å². The molecule has 2 atom stereocenters. The van der Waals surface area contributed by atoms with Gasteiger partial charge in [-0.3, -0.25) is 19.3 Å². The van der Waals surface area contributed by atoms with Gasteiger partial charge >= 0.3 is 0 Å². The Morgan fingerprint density at radius 2 is 1.93 bits per heavy atom. The number of nitrogens with one attached hydrogen (secondary N) is 1. The highest BCUT2D eigenvalue weighted by molar-refractivity contribution is 6.05. The first kappa shape index (κ1) is 17.4. The Morgan fingerprint density at radius 3 is 2.59 bits per heavy atom. The molecule has 1 aromatic heterocycles. The van der Waals surface area contributed by atoms with Crippen molar-refractivity contribution < 1.29 is 18.8 Å². The summed E-state index contributed by atoms with van der Waals surface area (Å²) in [5.74, 6) is -0.484. The van der Waals surface area contributed by atoms with Crippen LogP contribution in [0.2, 0.25) is 0 Å². The number of nitrogens with zero attached hydrogens (tertiary/aromatic N) is 3.